The van der Waals surface area contributed by atoms with Gasteiger partial charge in [-0.25, -0.2) is 9.53 Å². The fourth-order valence-corrected chi connectivity index (χ4v) is 6.04. The molecule has 120 valence electrons. The molecule has 0 N–H and O–H groups in total. The van der Waals surface area contributed by atoms with Gasteiger partial charge in [-0.3, -0.25) is 0 Å². The number of esters is 1. The lowest BCUT2D eigenvalue weighted by Gasteiger charge is -2.57. The monoisotopic (exact) mass is 303 g/mol. The Hall–Kier alpha value is -1.32. The van der Waals surface area contributed by atoms with Gasteiger partial charge in [-0.05, 0) is 50.9 Å². The van der Waals surface area contributed by atoms with Gasteiger partial charge in [-0.15, -0.1) is 0 Å². The predicted octanol–water partition coefficient (Wildman–Crippen LogP) is 3.05. The normalized spacial score (nSPS) is 42.8. The Morgan fingerprint density at radius 3 is 2.50 bits per heavy atom. The van der Waals surface area contributed by atoms with Gasteiger partial charge in [0, 0.05) is 36.8 Å². The number of carbonyl (C=O) groups excluding carboxylic acids is 1. The van der Waals surface area contributed by atoms with Crippen LogP contribution in [0, 0.1) is 28.9 Å². The Bertz CT molecular complexity index is 521. The number of hydroxylamine groups is 1. The second kappa shape index (κ2) is 5.10. The maximum absolute atomic E-state index is 13.1. The first-order chi connectivity index (χ1) is 10.6. The van der Waals surface area contributed by atoms with Gasteiger partial charge < -0.3 is 9.94 Å². The molecular weight excluding hydrogens is 278 g/mol. The van der Waals surface area contributed by atoms with Crippen molar-refractivity contribution >= 4 is 11.7 Å². The molecule has 4 saturated carbocycles. The van der Waals surface area contributed by atoms with Crippen molar-refractivity contribution in [3.63, 3.8) is 0 Å². The van der Waals surface area contributed by atoms with Crippen molar-refractivity contribution in [2.75, 3.05) is 6.61 Å². The molecule has 5 rings (SSSR count). The summed E-state index contributed by atoms with van der Waals surface area (Å²) in [6.07, 6.45) is 11.3. The van der Waals surface area contributed by atoms with Crippen LogP contribution in [-0.2, 0) is 9.53 Å². The molecule has 1 aliphatic heterocycles. The van der Waals surface area contributed by atoms with E-state index in [0.717, 1.165) is 30.4 Å². The Morgan fingerprint density at radius 1 is 1.27 bits per heavy atom. The topological polar surface area (TPSA) is 52.4 Å². The second-order valence-corrected chi connectivity index (χ2v) is 7.67. The molecular formula is C18H25NO3. The van der Waals surface area contributed by atoms with Gasteiger partial charge in [0.05, 0.1) is 6.61 Å². The number of ether oxygens (including phenoxy) is 1. The summed E-state index contributed by atoms with van der Waals surface area (Å²) in [6.45, 7) is 2.16. The third-order valence-electron chi connectivity index (χ3n) is 6.67. The minimum atomic E-state index is -0.352. The molecule has 4 bridgehead atoms. The van der Waals surface area contributed by atoms with Crippen LogP contribution in [0.2, 0.25) is 0 Å². The van der Waals surface area contributed by atoms with E-state index in [0.29, 0.717) is 18.4 Å². The standard InChI is InChI=1S/C18H25NO3/c1-2-22-17(20)4-3-16-5-6-18(19(16)21)14-8-12-7-13(10-14)11-15(18)9-12/h3-4,12-15H,2,5-11H2,1H3/b4-3+. The van der Waals surface area contributed by atoms with Crippen LogP contribution in [0.25, 0.3) is 0 Å². The molecule has 0 aromatic heterocycles. The van der Waals surface area contributed by atoms with Crippen molar-refractivity contribution in [3.05, 3.63) is 17.4 Å². The molecule has 4 aliphatic carbocycles. The maximum atomic E-state index is 13.1. The molecule has 0 aromatic rings. The first kappa shape index (κ1) is 14.3. The fourth-order valence-electron chi connectivity index (χ4n) is 6.04. The smallest absolute Gasteiger partial charge is 0.330 e. The van der Waals surface area contributed by atoms with Gasteiger partial charge >= 0.3 is 5.97 Å². The summed E-state index contributed by atoms with van der Waals surface area (Å²) in [5.41, 5.74) is 0.627. The van der Waals surface area contributed by atoms with E-state index in [2.05, 4.69) is 0 Å². The molecule has 0 saturated heterocycles. The van der Waals surface area contributed by atoms with Crippen LogP contribution in [0.4, 0.5) is 0 Å². The maximum Gasteiger partial charge on any atom is 0.330 e. The lowest BCUT2D eigenvalue weighted by Crippen LogP contribution is -2.60. The average Bonchev–Trinajstić information content (AvgIpc) is 2.80. The Labute approximate surface area is 131 Å². The molecule has 0 atom stereocenters. The second-order valence-electron chi connectivity index (χ2n) is 7.67. The van der Waals surface area contributed by atoms with E-state index in [-0.39, 0.29) is 11.5 Å². The molecule has 4 fully saturated rings. The van der Waals surface area contributed by atoms with Gasteiger partial charge in [0.1, 0.15) is 0 Å². The van der Waals surface area contributed by atoms with E-state index in [9.17, 15) is 10.0 Å². The van der Waals surface area contributed by atoms with E-state index in [4.69, 9.17) is 4.74 Å². The van der Waals surface area contributed by atoms with Crippen molar-refractivity contribution < 1.29 is 14.3 Å². The molecule has 0 amide bonds. The molecule has 22 heavy (non-hydrogen) atoms. The highest BCUT2D eigenvalue weighted by atomic mass is 16.5. The number of allylic oxidation sites excluding steroid dienone is 1. The van der Waals surface area contributed by atoms with Gasteiger partial charge in [-0.1, -0.05) is 0 Å². The van der Waals surface area contributed by atoms with E-state index < -0.39 is 0 Å². The summed E-state index contributed by atoms with van der Waals surface area (Å²) >= 11 is 0. The predicted molar refractivity (Wildman–Crippen MR) is 83.4 cm³/mol. The quantitative estimate of drug-likeness (QED) is 0.348. The van der Waals surface area contributed by atoms with Gasteiger partial charge in [0.15, 0.2) is 11.3 Å². The summed E-state index contributed by atoms with van der Waals surface area (Å²) in [5.74, 6) is 2.56. The van der Waals surface area contributed by atoms with Crippen LogP contribution in [0.3, 0.4) is 0 Å². The number of nitrogens with zero attached hydrogens (tertiary/aromatic N) is 1. The van der Waals surface area contributed by atoms with Crippen LogP contribution in [0.15, 0.2) is 12.2 Å². The van der Waals surface area contributed by atoms with Crippen LogP contribution in [0.1, 0.15) is 51.9 Å². The minimum absolute atomic E-state index is 0.151. The van der Waals surface area contributed by atoms with Crippen molar-refractivity contribution in [2.24, 2.45) is 23.7 Å². The first-order valence-corrected chi connectivity index (χ1v) is 8.81. The van der Waals surface area contributed by atoms with Crippen LogP contribution >= 0.6 is 0 Å². The summed E-state index contributed by atoms with van der Waals surface area (Å²) in [7, 11) is 0. The highest BCUT2D eigenvalue weighted by molar-refractivity contribution is 5.97. The highest BCUT2D eigenvalue weighted by Crippen LogP contribution is 2.61. The highest BCUT2D eigenvalue weighted by Gasteiger charge is 2.64. The van der Waals surface area contributed by atoms with E-state index >= 15 is 0 Å². The molecule has 5 aliphatic rings. The molecule has 4 nitrogen and oxygen atoms in total. The van der Waals surface area contributed by atoms with Gasteiger partial charge in [-0.2, -0.15) is 0 Å². The summed E-state index contributed by atoms with van der Waals surface area (Å²) in [4.78, 5) is 11.5. The largest absolute Gasteiger partial charge is 0.623 e. The Balaban J connectivity index is 1.60. The number of rotatable bonds is 3. The van der Waals surface area contributed by atoms with Crippen LogP contribution in [-0.4, -0.2) is 28.6 Å². The van der Waals surface area contributed by atoms with E-state index in [1.165, 1.54) is 42.9 Å². The lowest BCUT2D eigenvalue weighted by atomic mass is 9.48. The van der Waals surface area contributed by atoms with Gasteiger partial charge in [0.25, 0.3) is 0 Å². The zero-order chi connectivity index (χ0) is 15.3. The Kier molecular flexibility index (Phi) is 3.31. The van der Waals surface area contributed by atoms with Crippen molar-refractivity contribution in [1.29, 1.82) is 0 Å². The van der Waals surface area contributed by atoms with Crippen LogP contribution in [0.5, 0.6) is 0 Å². The van der Waals surface area contributed by atoms with Crippen LogP contribution < -0.4 is 0 Å². The summed E-state index contributed by atoms with van der Waals surface area (Å²) in [5, 5.41) is 13.1. The average molecular weight is 303 g/mol. The molecule has 4 heteroatoms. The fraction of sp³-hybridized carbons (Fsp3) is 0.778. The zero-order valence-corrected chi connectivity index (χ0v) is 13.3. The van der Waals surface area contributed by atoms with Crippen molar-refractivity contribution in [1.82, 2.24) is 0 Å². The third-order valence-corrected chi connectivity index (χ3v) is 6.67. The van der Waals surface area contributed by atoms with E-state index in [1.54, 1.807) is 13.0 Å². The SMILES string of the molecule is CCOC(=O)/C=C/C1=[N+]([O-])C2(CC1)C1CC3CC(C1)CC2C3. The molecule has 0 aromatic carbocycles. The number of hydrogen-bond donors (Lipinski definition) is 0. The molecule has 1 heterocycles. The minimum Gasteiger partial charge on any atom is -0.623 e. The summed E-state index contributed by atoms with van der Waals surface area (Å²) < 4.78 is 6.22. The zero-order valence-electron chi connectivity index (χ0n) is 13.3. The first-order valence-electron chi connectivity index (χ1n) is 8.81. The Morgan fingerprint density at radius 2 is 1.91 bits per heavy atom. The summed E-state index contributed by atoms with van der Waals surface area (Å²) in [6, 6.07) is 0. The molecule has 0 radical (unpaired) electrons. The number of carbonyl (C=O) groups is 1. The van der Waals surface area contributed by atoms with Gasteiger partial charge in [0.2, 0.25) is 0 Å². The lowest BCUT2D eigenvalue weighted by molar-refractivity contribution is -0.577. The molecule has 0 unspecified atom stereocenters. The number of hydrogen-bond acceptors (Lipinski definition) is 3. The van der Waals surface area contributed by atoms with Crippen molar-refractivity contribution in [3.8, 4) is 0 Å². The third kappa shape index (κ3) is 1.95. The molecule has 1 spiro atoms. The van der Waals surface area contributed by atoms with Crippen molar-refractivity contribution in [2.45, 2.75) is 57.4 Å². The van der Waals surface area contributed by atoms with E-state index in [1.807, 2.05) is 0 Å².